The van der Waals surface area contributed by atoms with Gasteiger partial charge < -0.3 is 14.9 Å². The summed E-state index contributed by atoms with van der Waals surface area (Å²) in [5.74, 6) is 0.0622. The molecule has 0 aliphatic carbocycles. The number of anilines is 1. The third-order valence-electron chi connectivity index (χ3n) is 3.38. The first-order valence-corrected chi connectivity index (χ1v) is 6.32. The fourth-order valence-electron chi connectivity index (χ4n) is 2.15. The minimum Gasteiger partial charge on any atom is -0.393 e. The first-order valence-electron chi connectivity index (χ1n) is 6.32. The van der Waals surface area contributed by atoms with Crippen molar-refractivity contribution in [1.82, 2.24) is 4.90 Å². The van der Waals surface area contributed by atoms with Crippen molar-refractivity contribution in [2.75, 3.05) is 32.1 Å². The molecule has 2 rings (SSSR count). The second-order valence-corrected chi connectivity index (χ2v) is 4.96. The first-order chi connectivity index (χ1) is 8.58. The third kappa shape index (κ3) is 2.82. The van der Waals surface area contributed by atoms with Crippen molar-refractivity contribution in [3.63, 3.8) is 0 Å². The van der Waals surface area contributed by atoms with Crippen molar-refractivity contribution in [2.24, 2.45) is 0 Å². The summed E-state index contributed by atoms with van der Waals surface area (Å²) in [7, 11) is 3.95. The fraction of sp³-hybridized carbons (Fsp3) is 0.500. The summed E-state index contributed by atoms with van der Waals surface area (Å²) in [5, 5.41) is 9.43. The number of aliphatic hydroxyl groups is 1. The summed E-state index contributed by atoms with van der Waals surface area (Å²) >= 11 is 0. The molecule has 4 nitrogen and oxygen atoms in total. The Morgan fingerprint density at radius 2 is 1.78 bits per heavy atom. The lowest BCUT2D eigenvalue weighted by Gasteiger charge is -2.29. The zero-order chi connectivity index (χ0) is 13.1. The molecule has 98 valence electrons. The van der Waals surface area contributed by atoms with Gasteiger partial charge in [0.2, 0.25) is 0 Å². The van der Waals surface area contributed by atoms with E-state index in [1.807, 2.05) is 48.2 Å². The number of likely N-dealkylation sites (tertiary alicyclic amines) is 1. The van der Waals surface area contributed by atoms with Crippen molar-refractivity contribution in [3.8, 4) is 0 Å². The Bertz CT molecular complexity index is 406. The highest BCUT2D eigenvalue weighted by Crippen LogP contribution is 2.16. The van der Waals surface area contributed by atoms with Crippen molar-refractivity contribution in [3.05, 3.63) is 29.8 Å². The number of rotatable bonds is 2. The smallest absolute Gasteiger partial charge is 0.253 e. The van der Waals surface area contributed by atoms with Crippen molar-refractivity contribution in [2.45, 2.75) is 18.9 Å². The van der Waals surface area contributed by atoms with Gasteiger partial charge >= 0.3 is 0 Å². The largest absolute Gasteiger partial charge is 0.393 e. The van der Waals surface area contributed by atoms with E-state index in [-0.39, 0.29) is 12.0 Å². The first kappa shape index (κ1) is 12.9. The molecule has 1 amide bonds. The van der Waals surface area contributed by atoms with Gasteiger partial charge in [-0.3, -0.25) is 4.79 Å². The third-order valence-corrected chi connectivity index (χ3v) is 3.38. The highest BCUT2D eigenvalue weighted by molar-refractivity contribution is 5.94. The maximum atomic E-state index is 12.2. The zero-order valence-electron chi connectivity index (χ0n) is 11.0. The molecule has 18 heavy (non-hydrogen) atoms. The van der Waals surface area contributed by atoms with Crippen LogP contribution in [0.4, 0.5) is 5.69 Å². The molecule has 0 atom stereocenters. The normalized spacial score (nSPS) is 16.7. The molecule has 0 aromatic heterocycles. The van der Waals surface area contributed by atoms with E-state index in [0.717, 1.165) is 11.3 Å². The van der Waals surface area contributed by atoms with Crippen LogP contribution in [0.3, 0.4) is 0 Å². The van der Waals surface area contributed by atoms with Gasteiger partial charge in [-0.2, -0.15) is 0 Å². The van der Waals surface area contributed by atoms with Gasteiger partial charge in [0.15, 0.2) is 0 Å². The van der Waals surface area contributed by atoms with Gasteiger partial charge in [0.1, 0.15) is 0 Å². The van der Waals surface area contributed by atoms with E-state index < -0.39 is 0 Å². The van der Waals surface area contributed by atoms with Gasteiger partial charge in [0.05, 0.1) is 6.10 Å². The van der Waals surface area contributed by atoms with Gasteiger partial charge in [-0.25, -0.2) is 0 Å². The van der Waals surface area contributed by atoms with Crippen LogP contribution in [0.15, 0.2) is 24.3 Å². The Kier molecular flexibility index (Phi) is 3.87. The van der Waals surface area contributed by atoms with Crippen molar-refractivity contribution in [1.29, 1.82) is 0 Å². The number of nitrogens with zero attached hydrogens (tertiary/aromatic N) is 2. The van der Waals surface area contributed by atoms with Crippen molar-refractivity contribution < 1.29 is 9.90 Å². The molecule has 1 saturated heterocycles. The number of carbonyl (C=O) groups is 1. The van der Waals surface area contributed by atoms with Crippen LogP contribution in [-0.4, -0.2) is 49.2 Å². The summed E-state index contributed by atoms with van der Waals surface area (Å²) in [6, 6.07) is 7.63. The molecule has 1 aromatic carbocycles. The van der Waals surface area contributed by atoms with E-state index in [4.69, 9.17) is 0 Å². The average Bonchev–Trinajstić information content (AvgIpc) is 2.39. The quantitative estimate of drug-likeness (QED) is 0.859. The van der Waals surface area contributed by atoms with E-state index in [9.17, 15) is 9.90 Å². The van der Waals surface area contributed by atoms with E-state index in [2.05, 4.69) is 0 Å². The molecular weight excluding hydrogens is 228 g/mol. The second kappa shape index (κ2) is 5.40. The SMILES string of the molecule is CN(C)c1ccc(C(=O)N2CCC(O)CC2)cc1. The maximum absolute atomic E-state index is 12.2. The molecule has 0 spiro atoms. The van der Waals surface area contributed by atoms with Crippen LogP contribution in [0.2, 0.25) is 0 Å². The molecular formula is C14H20N2O2. The molecule has 1 aromatic rings. The Labute approximate surface area is 108 Å². The lowest BCUT2D eigenvalue weighted by molar-refractivity contribution is 0.0546. The van der Waals surface area contributed by atoms with Crippen LogP contribution in [0.25, 0.3) is 0 Å². The van der Waals surface area contributed by atoms with Crippen LogP contribution >= 0.6 is 0 Å². The predicted octanol–water partition coefficient (Wildman–Crippen LogP) is 1.35. The monoisotopic (exact) mass is 248 g/mol. The average molecular weight is 248 g/mol. The van der Waals surface area contributed by atoms with Crippen LogP contribution in [0.5, 0.6) is 0 Å². The number of carbonyl (C=O) groups excluding carboxylic acids is 1. The predicted molar refractivity (Wildman–Crippen MR) is 71.9 cm³/mol. The molecule has 0 bridgehead atoms. The highest BCUT2D eigenvalue weighted by Gasteiger charge is 2.22. The van der Waals surface area contributed by atoms with Gasteiger partial charge in [-0.05, 0) is 37.1 Å². The van der Waals surface area contributed by atoms with Crippen LogP contribution in [0, 0.1) is 0 Å². The van der Waals surface area contributed by atoms with Crippen molar-refractivity contribution >= 4 is 11.6 Å². The molecule has 1 N–H and O–H groups in total. The number of hydrogen-bond acceptors (Lipinski definition) is 3. The standard InChI is InChI=1S/C14H20N2O2/c1-15(2)12-5-3-11(4-6-12)14(18)16-9-7-13(17)8-10-16/h3-6,13,17H,7-10H2,1-2H3. The molecule has 1 heterocycles. The lowest BCUT2D eigenvalue weighted by Crippen LogP contribution is -2.40. The Morgan fingerprint density at radius 1 is 1.22 bits per heavy atom. The van der Waals surface area contributed by atoms with Gasteiger partial charge in [-0.1, -0.05) is 0 Å². The Morgan fingerprint density at radius 3 is 2.28 bits per heavy atom. The fourth-order valence-corrected chi connectivity index (χ4v) is 2.15. The highest BCUT2D eigenvalue weighted by atomic mass is 16.3. The molecule has 1 aliphatic heterocycles. The minimum atomic E-state index is -0.245. The second-order valence-electron chi connectivity index (χ2n) is 4.96. The number of aliphatic hydroxyl groups excluding tert-OH is 1. The zero-order valence-corrected chi connectivity index (χ0v) is 11.0. The molecule has 0 saturated carbocycles. The summed E-state index contributed by atoms with van der Waals surface area (Å²) in [5.41, 5.74) is 1.80. The van der Waals surface area contributed by atoms with E-state index in [0.29, 0.717) is 25.9 Å². The van der Waals surface area contributed by atoms with Gasteiger partial charge in [0.25, 0.3) is 5.91 Å². The Balaban J connectivity index is 2.04. The number of piperidine rings is 1. The molecule has 1 aliphatic rings. The van der Waals surface area contributed by atoms with E-state index >= 15 is 0 Å². The number of benzene rings is 1. The lowest BCUT2D eigenvalue weighted by atomic mass is 10.1. The summed E-state index contributed by atoms with van der Waals surface area (Å²) < 4.78 is 0. The van der Waals surface area contributed by atoms with E-state index in [1.54, 1.807) is 0 Å². The molecule has 0 radical (unpaired) electrons. The number of hydrogen-bond donors (Lipinski definition) is 1. The topological polar surface area (TPSA) is 43.8 Å². The minimum absolute atomic E-state index is 0.0622. The van der Waals surface area contributed by atoms with Gasteiger partial charge in [0, 0.05) is 38.4 Å². The Hall–Kier alpha value is -1.55. The summed E-state index contributed by atoms with van der Waals surface area (Å²) in [4.78, 5) is 16.0. The summed E-state index contributed by atoms with van der Waals surface area (Å²) in [6.07, 6.45) is 1.12. The summed E-state index contributed by atoms with van der Waals surface area (Å²) in [6.45, 7) is 1.30. The molecule has 0 unspecified atom stereocenters. The molecule has 4 heteroatoms. The van der Waals surface area contributed by atoms with E-state index in [1.165, 1.54) is 0 Å². The van der Waals surface area contributed by atoms with Gasteiger partial charge in [-0.15, -0.1) is 0 Å². The van der Waals surface area contributed by atoms with Crippen LogP contribution in [0.1, 0.15) is 23.2 Å². The number of amides is 1. The maximum Gasteiger partial charge on any atom is 0.253 e. The molecule has 1 fully saturated rings. The van der Waals surface area contributed by atoms with Crippen LogP contribution in [-0.2, 0) is 0 Å². The van der Waals surface area contributed by atoms with Crippen LogP contribution < -0.4 is 4.90 Å².